The number of carbonyl (C=O) groups is 1. The Labute approximate surface area is 231 Å². The van der Waals surface area contributed by atoms with Gasteiger partial charge in [0, 0.05) is 29.5 Å². The van der Waals surface area contributed by atoms with E-state index in [1.165, 1.54) is 34.5 Å². The molecule has 4 aromatic rings. The van der Waals surface area contributed by atoms with E-state index in [1.807, 2.05) is 31.3 Å². The molecule has 1 aliphatic carbocycles. The predicted octanol–water partition coefficient (Wildman–Crippen LogP) is 7.34. The molecule has 0 fully saturated rings. The van der Waals surface area contributed by atoms with Crippen molar-refractivity contribution in [2.45, 2.75) is 44.1 Å². The van der Waals surface area contributed by atoms with Gasteiger partial charge in [-0.05, 0) is 68.1 Å². The van der Waals surface area contributed by atoms with E-state index in [-0.39, 0.29) is 29.2 Å². The number of halogens is 4. The van der Waals surface area contributed by atoms with Crippen LogP contribution >= 0.6 is 11.6 Å². The van der Waals surface area contributed by atoms with E-state index in [0.717, 1.165) is 42.1 Å². The molecular weight excluding hydrogens is 523 g/mol. The van der Waals surface area contributed by atoms with Gasteiger partial charge in [-0.25, -0.2) is 17.9 Å². The van der Waals surface area contributed by atoms with Crippen LogP contribution in [0.3, 0.4) is 0 Å². The van der Waals surface area contributed by atoms with Gasteiger partial charge in [0.25, 0.3) is 0 Å². The Kier molecular flexibility index (Phi) is 9.96. The zero-order valence-electron chi connectivity index (χ0n) is 21.7. The molecule has 4 nitrogen and oxygen atoms in total. The lowest BCUT2D eigenvalue weighted by Gasteiger charge is -2.19. The van der Waals surface area contributed by atoms with Gasteiger partial charge < -0.3 is 5.32 Å². The number of rotatable bonds is 7. The first-order valence-corrected chi connectivity index (χ1v) is 13.5. The molecule has 1 N–H and O–H groups in total. The van der Waals surface area contributed by atoms with Crippen LogP contribution in [0.4, 0.5) is 13.2 Å². The zero-order chi connectivity index (χ0) is 27.8. The summed E-state index contributed by atoms with van der Waals surface area (Å²) in [6, 6.07) is 20.2. The molecule has 3 aromatic carbocycles. The van der Waals surface area contributed by atoms with Crippen LogP contribution in [0.2, 0.25) is 0 Å². The fourth-order valence-electron chi connectivity index (χ4n) is 5.08. The molecule has 0 saturated heterocycles. The summed E-state index contributed by atoms with van der Waals surface area (Å²) in [5.74, 6) is -1.16. The van der Waals surface area contributed by atoms with Crippen molar-refractivity contribution in [3.8, 4) is 5.69 Å². The summed E-state index contributed by atoms with van der Waals surface area (Å²) >= 11 is 5.74. The Hall–Kier alpha value is -3.42. The minimum atomic E-state index is -0.739. The molecule has 1 aromatic heterocycles. The maximum absolute atomic E-state index is 14.5. The highest BCUT2D eigenvalue weighted by molar-refractivity contribution is 6.18. The van der Waals surface area contributed by atoms with Gasteiger partial charge in [-0.2, -0.15) is 5.10 Å². The third-order valence-corrected chi connectivity index (χ3v) is 7.30. The van der Waals surface area contributed by atoms with Crippen molar-refractivity contribution in [1.29, 1.82) is 0 Å². The van der Waals surface area contributed by atoms with E-state index in [1.54, 1.807) is 6.07 Å². The first-order valence-electron chi connectivity index (χ1n) is 13.0. The molecule has 1 aliphatic rings. The van der Waals surface area contributed by atoms with Gasteiger partial charge in [0.1, 0.15) is 23.0 Å². The summed E-state index contributed by atoms with van der Waals surface area (Å²) in [4.78, 5) is 11.6. The molecule has 0 amide bonds. The zero-order valence-corrected chi connectivity index (χ0v) is 22.5. The molecule has 5 rings (SSSR count). The summed E-state index contributed by atoms with van der Waals surface area (Å²) in [7, 11) is 1.92. The minimum absolute atomic E-state index is 0.0510. The number of alkyl halides is 1. The summed E-state index contributed by atoms with van der Waals surface area (Å²) in [6.45, 7) is 0. The molecule has 0 saturated carbocycles. The van der Waals surface area contributed by atoms with Crippen LogP contribution in [0.5, 0.6) is 0 Å². The standard InChI is InChI=1S/C22H19F3N2O.C9H12ClN/c23-16-6-3-4-14(11-16)10-15-5-1-2-7-18-20(13-28)26-27(22(15)18)21-9-8-17(24)12-19(21)25;1-11-9(7-10)8-5-3-2-4-6-8/h3-4,6,8-9,11-13,15H,1-2,5,7,10H2;2-6,9,11H,7H2,1H3/t;9-/m.1/s1. The van der Waals surface area contributed by atoms with Crippen LogP contribution in [0.15, 0.2) is 72.8 Å². The van der Waals surface area contributed by atoms with E-state index in [2.05, 4.69) is 22.5 Å². The maximum Gasteiger partial charge on any atom is 0.170 e. The second-order valence-electron chi connectivity index (χ2n) is 9.56. The number of fused-ring (bicyclic) bond motifs is 1. The number of aldehydes is 1. The number of nitrogens with zero attached hydrogens (tertiary/aromatic N) is 2. The quantitative estimate of drug-likeness (QED) is 0.148. The van der Waals surface area contributed by atoms with Crippen molar-refractivity contribution in [3.05, 3.63) is 118 Å². The molecule has 8 heteroatoms. The van der Waals surface area contributed by atoms with Crippen molar-refractivity contribution in [3.63, 3.8) is 0 Å². The summed E-state index contributed by atoms with van der Waals surface area (Å²) in [6.07, 6.45) is 4.56. The molecule has 0 bridgehead atoms. The predicted molar refractivity (Wildman–Crippen MR) is 148 cm³/mol. The third-order valence-electron chi connectivity index (χ3n) is 7.00. The van der Waals surface area contributed by atoms with Gasteiger partial charge in [-0.1, -0.05) is 48.9 Å². The smallest absolute Gasteiger partial charge is 0.170 e. The molecular formula is C31H31ClF3N3O. The van der Waals surface area contributed by atoms with Crippen molar-refractivity contribution in [2.24, 2.45) is 0 Å². The lowest BCUT2D eigenvalue weighted by molar-refractivity contribution is 0.111. The van der Waals surface area contributed by atoms with Crippen LogP contribution in [0.1, 0.15) is 64.1 Å². The number of benzene rings is 3. The Morgan fingerprint density at radius 2 is 1.79 bits per heavy atom. The summed E-state index contributed by atoms with van der Waals surface area (Å²) in [5.41, 5.74) is 4.02. The van der Waals surface area contributed by atoms with Crippen molar-refractivity contribution in [2.75, 3.05) is 12.9 Å². The van der Waals surface area contributed by atoms with E-state index in [0.29, 0.717) is 25.0 Å². The monoisotopic (exact) mass is 553 g/mol. The SMILES string of the molecule is CN[C@H](CCl)c1ccccc1.O=Cc1nn(-c2ccc(F)cc2F)c2c1CCCCC2Cc1cccc(F)c1. The number of nitrogens with one attached hydrogen (secondary N) is 1. The number of hydrogen-bond donors (Lipinski definition) is 1. The Morgan fingerprint density at radius 3 is 2.46 bits per heavy atom. The van der Waals surface area contributed by atoms with Gasteiger partial charge in [0.2, 0.25) is 0 Å². The molecule has 1 unspecified atom stereocenters. The highest BCUT2D eigenvalue weighted by atomic mass is 35.5. The lowest BCUT2D eigenvalue weighted by atomic mass is 9.91. The van der Waals surface area contributed by atoms with Crippen LogP contribution in [-0.2, 0) is 12.8 Å². The van der Waals surface area contributed by atoms with E-state index in [4.69, 9.17) is 11.6 Å². The fourth-order valence-corrected chi connectivity index (χ4v) is 5.42. The molecule has 0 aliphatic heterocycles. The largest absolute Gasteiger partial charge is 0.312 e. The second-order valence-corrected chi connectivity index (χ2v) is 9.87. The molecule has 39 heavy (non-hydrogen) atoms. The van der Waals surface area contributed by atoms with Crippen LogP contribution < -0.4 is 5.32 Å². The molecule has 0 spiro atoms. The third kappa shape index (κ3) is 6.97. The Balaban J connectivity index is 0.000000270. The molecule has 2 atom stereocenters. The highest BCUT2D eigenvalue weighted by Crippen LogP contribution is 2.36. The van der Waals surface area contributed by atoms with Gasteiger partial charge in [0.15, 0.2) is 12.1 Å². The second kappa shape index (κ2) is 13.6. The maximum atomic E-state index is 14.5. The topological polar surface area (TPSA) is 46.9 Å². The summed E-state index contributed by atoms with van der Waals surface area (Å²) in [5, 5.41) is 7.47. The van der Waals surface area contributed by atoms with Crippen molar-refractivity contribution in [1.82, 2.24) is 15.1 Å². The minimum Gasteiger partial charge on any atom is -0.312 e. The molecule has 204 valence electrons. The number of aromatic nitrogens is 2. The average molecular weight is 554 g/mol. The van der Waals surface area contributed by atoms with E-state index in [9.17, 15) is 18.0 Å². The molecule has 1 heterocycles. The highest BCUT2D eigenvalue weighted by Gasteiger charge is 2.29. The number of carbonyl (C=O) groups excluding carboxylic acids is 1. The molecule has 0 radical (unpaired) electrons. The van der Waals surface area contributed by atoms with Crippen LogP contribution in [-0.4, -0.2) is 29.0 Å². The van der Waals surface area contributed by atoms with Gasteiger partial charge in [-0.15, -0.1) is 11.6 Å². The van der Waals surface area contributed by atoms with Crippen molar-refractivity contribution >= 4 is 17.9 Å². The van der Waals surface area contributed by atoms with Crippen LogP contribution in [0, 0.1) is 17.5 Å². The van der Waals surface area contributed by atoms with E-state index < -0.39 is 11.6 Å². The Bertz CT molecular complexity index is 1390. The number of hydrogen-bond acceptors (Lipinski definition) is 3. The fraction of sp³-hybridized carbons (Fsp3) is 0.290. The Morgan fingerprint density at radius 1 is 1.03 bits per heavy atom. The normalized spacial score (nSPS) is 15.5. The van der Waals surface area contributed by atoms with E-state index >= 15 is 0 Å². The van der Waals surface area contributed by atoms with Crippen LogP contribution in [0.25, 0.3) is 5.69 Å². The lowest BCUT2D eigenvalue weighted by Crippen LogP contribution is -2.17. The van der Waals surface area contributed by atoms with Gasteiger partial charge in [0.05, 0.1) is 5.69 Å². The first kappa shape index (κ1) is 28.6. The summed E-state index contributed by atoms with van der Waals surface area (Å²) < 4.78 is 42.9. The average Bonchev–Trinajstić information content (AvgIpc) is 3.17. The van der Waals surface area contributed by atoms with Gasteiger partial charge in [-0.3, -0.25) is 4.79 Å². The van der Waals surface area contributed by atoms with Crippen molar-refractivity contribution < 1.29 is 18.0 Å². The first-order chi connectivity index (χ1) is 18.9. The van der Waals surface area contributed by atoms with Gasteiger partial charge >= 0.3 is 0 Å².